The van der Waals surface area contributed by atoms with E-state index in [1.807, 2.05) is 6.21 Å². The van der Waals surface area contributed by atoms with Gasteiger partial charge in [0.2, 0.25) is 5.91 Å². The number of carbonyl (C=O) groups is 1. The molecule has 11 heteroatoms. The Labute approximate surface area is 255 Å². The molecule has 0 aromatic heterocycles. The Morgan fingerprint density at radius 3 is 2.60 bits per heavy atom. The average Bonchev–Trinajstić information content (AvgIpc) is 2.99. The highest BCUT2D eigenvalue weighted by molar-refractivity contribution is 5.80. The number of aliphatic hydroxyl groups excluding tert-OH is 2. The van der Waals surface area contributed by atoms with Gasteiger partial charge in [-0.15, -0.1) is 0 Å². The Morgan fingerprint density at radius 2 is 1.98 bits per heavy atom. The Bertz CT molecular complexity index is 1120. The molecule has 2 fully saturated rings. The molecule has 4 rings (SSSR count). The number of rotatable bonds is 16. The summed E-state index contributed by atoms with van der Waals surface area (Å²) in [6, 6.07) is 4.73. The van der Waals surface area contributed by atoms with Crippen molar-refractivity contribution >= 4 is 12.1 Å². The maximum absolute atomic E-state index is 14.8. The first-order chi connectivity index (χ1) is 20.7. The number of aliphatic imine (C=N–C) groups is 1. The zero-order chi connectivity index (χ0) is 30.9. The number of carbonyl (C=O) groups excluding carboxylic acids is 1. The molecule has 2 saturated heterocycles. The molecule has 3 aliphatic rings. The number of nitrogens with zero attached hydrogens (tertiary/aromatic N) is 3. The van der Waals surface area contributed by atoms with Crippen LogP contribution in [0.1, 0.15) is 57.9 Å². The molecule has 3 heterocycles. The lowest BCUT2D eigenvalue weighted by Gasteiger charge is -2.43. The van der Waals surface area contributed by atoms with Crippen LogP contribution in [-0.4, -0.2) is 108 Å². The summed E-state index contributed by atoms with van der Waals surface area (Å²) in [5.74, 6) is 0.408. The lowest BCUT2D eigenvalue weighted by molar-refractivity contribution is -0.136. The van der Waals surface area contributed by atoms with Crippen molar-refractivity contribution in [3.05, 3.63) is 41.4 Å². The lowest BCUT2D eigenvalue weighted by Crippen LogP contribution is -2.57. The van der Waals surface area contributed by atoms with Gasteiger partial charge in [0.25, 0.3) is 0 Å². The Balaban J connectivity index is 1.09. The van der Waals surface area contributed by atoms with E-state index in [0.717, 1.165) is 51.6 Å². The molecule has 0 saturated carbocycles. The van der Waals surface area contributed by atoms with Crippen LogP contribution in [0.3, 0.4) is 0 Å². The van der Waals surface area contributed by atoms with Gasteiger partial charge in [-0.3, -0.25) is 14.7 Å². The largest absolute Gasteiger partial charge is 0.493 e. The SMILES string of the molecule is CCCC1=CNC(C)(N2CCC(CCCOc3ccc(CC(=O)N4CC(CNCC(O)(CO)CO)C4)c(F)c3)CC2)N=C1. The van der Waals surface area contributed by atoms with Crippen molar-refractivity contribution in [2.24, 2.45) is 16.8 Å². The normalized spacial score (nSPS) is 21.8. The number of ether oxygens (including phenoxy) is 1. The van der Waals surface area contributed by atoms with E-state index in [9.17, 15) is 14.3 Å². The number of halogens is 1. The monoisotopic (exact) mass is 603 g/mol. The molecular formula is C32H50FN5O5. The molecule has 0 spiro atoms. The summed E-state index contributed by atoms with van der Waals surface area (Å²) in [5.41, 5.74) is 0.0487. The highest BCUT2D eigenvalue weighted by Gasteiger charge is 2.34. The standard InChI is InChI=1S/C32H50FN5O5/c1-3-5-25-17-35-31(2,36-18-25)38-11-9-24(10-12-38)6-4-13-43-28-8-7-27(29(33)15-28)14-30(41)37-19-26(20-37)16-34-21-32(42,22-39)23-40/h7-8,15,17-18,24,26,34-35,39-40,42H,3-6,9-14,16,19-23H2,1-2H3. The second-order valence-electron chi connectivity index (χ2n) is 12.6. The molecular weight excluding hydrogens is 553 g/mol. The first-order valence-electron chi connectivity index (χ1n) is 15.8. The number of hydrogen-bond acceptors (Lipinski definition) is 9. The van der Waals surface area contributed by atoms with Crippen molar-refractivity contribution in [3.63, 3.8) is 0 Å². The molecule has 1 aromatic carbocycles. The van der Waals surface area contributed by atoms with Gasteiger partial charge in [0, 0.05) is 63.7 Å². The van der Waals surface area contributed by atoms with Gasteiger partial charge in [0.15, 0.2) is 5.79 Å². The van der Waals surface area contributed by atoms with Crippen LogP contribution in [0.5, 0.6) is 5.75 Å². The van der Waals surface area contributed by atoms with E-state index in [0.29, 0.717) is 43.5 Å². The smallest absolute Gasteiger partial charge is 0.227 e. The van der Waals surface area contributed by atoms with E-state index in [4.69, 9.17) is 19.9 Å². The highest BCUT2D eigenvalue weighted by Crippen LogP contribution is 2.28. The number of hydrogen-bond donors (Lipinski definition) is 5. The molecule has 3 aliphatic heterocycles. The van der Waals surface area contributed by atoms with Gasteiger partial charge < -0.3 is 35.6 Å². The zero-order valence-corrected chi connectivity index (χ0v) is 25.7. The fourth-order valence-electron chi connectivity index (χ4n) is 5.94. The Morgan fingerprint density at radius 1 is 1.23 bits per heavy atom. The third-order valence-electron chi connectivity index (χ3n) is 8.96. The molecule has 1 aromatic rings. The maximum Gasteiger partial charge on any atom is 0.227 e. The zero-order valence-electron chi connectivity index (χ0n) is 25.7. The number of piperidine rings is 1. The maximum atomic E-state index is 14.8. The van der Waals surface area contributed by atoms with Crippen molar-refractivity contribution in [2.45, 2.75) is 70.2 Å². The first-order valence-corrected chi connectivity index (χ1v) is 15.8. The quantitative estimate of drug-likeness (QED) is 0.182. The summed E-state index contributed by atoms with van der Waals surface area (Å²) in [7, 11) is 0. The van der Waals surface area contributed by atoms with Crippen LogP contribution in [0.4, 0.5) is 4.39 Å². The van der Waals surface area contributed by atoms with Crippen molar-refractivity contribution in [1.82, 2.24) is 20.4 Å². The second-order valence-corrected chi connectivity index (χ2v) is 12.6. The fourth-order valence-corrected chi connectivity index (χ4v) is 5.94. The summed E-state index contributed by atoms with van der Waals surface area (Å²) < 4.78 is 20.6. The third-order valence-corrected chi connectivity index (χ3v) is 8.96. The average molecular weight is 604 g/mol. The lowest BCUT2D eigenvalue weighted by atomic mass is 9.91. The van der Waals surface area contributed by atoms with Crippen LogP contribution >= 0.6 is 0 Å². The van der Waals surface area contributed by atoms with E-state index in [2.05, 4.69) is 35.6 Å². The molecule has 43 heavy (non-hydrogen) atoms. The Kier molecular flexibility index (Phi) is 12.0. The molecule has 5 N–H and O–H groups in total. The van der Waals surface area contributed by atoms with Crippen LogP contribution in [-0.2, 0) is 11.2 Å². The molecule has 1 unspecified atom stereocenters. The number of benzene rings is 1. The number of allylic oxidation sites excluding steroid dienone is 1. The van der Waals surface area contributed by atoms with Gasteiger partial charge >= 0.3 is 0 Å². The molecule has 0 aliphatic carbocycles. The Hall–Kier alpha value is -2.57. The van der Waals surface area contributed by atoms with Gasteiger partial charge in [0.05, 0.1) is 26.2 Å². The van der Waals surface area contributed by atoms with E-state index < -0.39 is 24.6 Å². The number of aliphatic hydroxyl groups is 3. The second kappa shape index (κ2) is 15.4. The molecule has 240 valence electrons. The molecule has 1 amide bonds. The summed E-state index contributed by atoms with van der Waals surface area (Å²) in [6.45, 7) is 7.50. The number of likely N-dealkylation sites (tertiary alicyclic amines) is 2. The minimum Gasteiger partial charge on any atom is -0.493 e. The van der Waals surface area contributed by atoms with Crippen molar-refractivity contribution < 1.29 is 29.2 Å². The van der Waals surface area contributed by atoms with Gasteiger partial charge in [-0.05, 0) is 62.1 Å². The first kappa shape index (κ1) is 33.3. The fraction of sp³-hybridized carbons (Fsp3) is 0.688. The van der Waals surface area contributed by atoms with Gasteiger partial charge in [-0.25, -0.2) is 4.39 Å². The predicted octanol–water partition coefficient (Wildman–Crippen LogP) is 2.03. The van der Waals surface area contributed by atoms with Gasteiger partial charge in [-0.1, -0.05) is 19.4 Å². The van der Waals surface area contributed by atoms with E-state index in [-0.39, 0.29) is 30.6 Å². The van der Waals surface area contributed by atoms with Gasteiger partial charge in [0.1, 0.15) is 17.2 Å². The van der Waals surface area contributed by atoms with Crippen LogP contribution in [0.25, 0.3) is 0 Å². The van der Waals surface area contributed by atoms with Crippen LogP contribution in [0, 0.1) is 17.7 Å². The summed E-state index contributed by atoms with van der Waals surface area (Å²) in [6.07, 6.45) is 10.5. The predicted molar refractivity (Wildman–Crippen MR) is 164 cm³/mol. The minimum absolute atomic E-state index is 0.00416. The van der Waals surface area contributed by atoms with Crippen LogP contribution in [0.15, 0.2) is 35.0 Å². The van der Waals surface area contributed by atoms with Gasteiger partial charge in [-0.2, -0.15) is 0 Å². The number of nitrogens with one attached hydrogen (secondary N) is 2. The van der Waals surface area contributed by atoms with E-state index >= 15 is 0 Å². The van der Waals surface area contributed by atoms with E-state index in [1.165, 1.54) is 11.6 Å². The van der Waals surface area contributed by atoms with Crippen molar-refractivity contribution in [2.75, 3.05) is 59.1 Å². The minimum atomic E-state index is -1.55. The number of amides is 1. The highest BCUT2D eigenvalue weighted by atomic mass is 19.1. The molecule has 1 atom stereocenters. The third kappa shape index (κ3) is 9.21. The van der Waals surface area contributed by atoms with Crippen LogP contribution < -0.4 is 15.4 Å². The molecule has 0 bridgehead atoms. The van der Waals surface area contributed by atoms with E-state index in [1.54, 1.807) is 17.0 Å². The summed E-state index contributed by atoms with van der Waals surface area (Å²) in [5, 5.41) is 34.7. The summed E-state index contributed by atoms with van der Waals surface area (Å²) in [4.78, 5) is 21.5. The van der Waals surface area contributed by atoms with Crippen molar-refractivity contribution in [1.29, 1.82) is 0 Å². The van der Waals surface area contributed by atoms with Crippen LogP contribution in [0.2, 0.25) is 0 Å². The topological polar surface area (TPSA) is 130 Å². The molecule has 0 radical (unpaired) electrons. The van der Waals surface area contributed by atoms with Crippen molar-refractivity contribution in [3.8, 4) is 5.75 Å². The summed E-state index contributed by atoms with van der Waals surface area (Å²) >= 11 is 0. The molecule has 10 nitrogen and oxygen atoms in total.